The maximum Gasteiger partial charge on any atom is 0.263 e. The Morgan fingerprint density at radius 3 is 2.65 bits per heavy atom. The van der Waals surface area contributed by atoms with Crippen LogP contribution in [0.25, 0.3) is 6.08 Å². The topological polar surface area (TPSA) is 64.9 Å². The first-order chi connectivity index (χ1) is 8.04. The largest absolute Gasteiger partial charge is 0.287 e. The minimum absolute atomic E-state index is 0.150. The Hall–Kier alpha value is -2.12. The van der Waals surface area contributed by atoms with E-state index < -0.39 is 5.54 Å². The molecule has 17 heavy (non-hydrogen) atoms. The molecule has 2 N–H and O–H groups in total. The second kappa shape index (κ2) is 4.04. The number of rotatable bonds is 1. The molecule has 1 fully saturated rings. The van der Waals surface area contributed by atoms with E-state index in [9.17, 15) is 4.79 Å². The van der Waals surface area contributed by atoms with Crippen LogP contribution in [0.3, 0.4) is 0 Å². The van der Waals surface area contributed by atoms with E-state index >= 15 is 0 Å². The molecule has 4 heteroatoms. The molecule has 1 aliphatic heterocycles. The number of carbonyl (C=O) groups is 1. The summed E-state index contributed by atoms with van der Waals surface area (Å²) < 4.78 is 0. The first kappa shape index (κ1) is 11.4. The molecule has 0 atom stereocenters. The van der Waals surface area contributed by atoms with Crippen LogP contribution in [0, 0.1) is 11.3 Å². The number of benzene rings is 1. The molecule has 1 saturated heterocycles. The number of hydrogen-bond acceptors (Lipinski definition) is 3. The van der Waals surface area contributed by atoms with E-state index in [1.54, 1.807) is 18.2 Å². The summed E-state index contributed by atoms with van der Waals surface area (Å²) in [5, 5.41) is 8.99. The van der Waals surface area contributed by atoms with Gasteiger partial charge in [0, 0.05) is 5.57 Å². The van der Waals surface area contributed by atoms with Crippen molar-refractivity contribution in [1.29, 1.82) is 5.26 Å². The Morgan fingerprint density at radius 2 is 2.06 bits per heavy atom. The van der Waals surface area contributed by atoms with Gasteiger partial charge in [-0.25, -0.2) is 5.43 Å². The smallest absolute Gasteiger partial charge is 0.263 e. The Kier molecular flexibility index (Phi) is 2.70. The second-order valence-corrected chi connectivity index (χ2v) is 4.46. The average Bonchev–Trinajstić information content (AvgIpc) is 2.57. The van der Waals surface area contributed by atoms with Crippen LogP contribution in [0.15, 0.2) is 29.8 Å². The molecule has 0 radical (unpaired) electrons. The van der Waals surface area contributed by atoms with Crippen molar-refractivity contribution in [2.24, 2.45) is 0 Å². The number of nitriles is 1. The van der Waals surface area contributed by atoms with Gasteiger partial charge in [0.1, 0.15) is 0 Å². The summed E-state index contributed by atoms with van der Waals surface area (Å²) in [4.78, 5) is 11.7. The third-order valence-electron chi connectivity index (χ3n) is 2.79. The lowest BCUT2D eigenvalue weighted by Crippen LogP contribution is -2.38. The first-order valence-corrected chi connectivity index (χ1v) is 5.33. The SMILES string of the molecule is CC1(C)NNC(=O)/C1=C\c1ccccc1C#N. The summed E-state index contributed by atoms with van der Waals surface area (Å²) in [7, 11) is 0. The number of carbonyl (C=O) groups excluding carboxylic acids is 1. The number of hydrogen-bond donors (Lipinski definition) is 2. The summed E-state index contributed by atoms with van der Waals surface area (Å²) in [5.74, 6) is -0.150. The van der Waals surface area contributed by atoms with Crippen LogP contribution in [-0.2, 0) is 4.79 Å². The Morgan fingerprint density at radius 1 is 1.35 bits per heavy atom. The van der Waals surface area contributed by atoms with Crippen molar-refractivity contribution in [1.82, 2.24) is 10.9 Å². The van der Waals surface area contributed by atoms with Gasteiger partial charge in [-0.2, -0.15) is 5.26 Å². The van der Waals surface area contributed by atoms with Crippen LogP contribution >= 0.6 is 0 Å². The Labute approximate surface area is 99.9 Å². The molecule has 86 valence electrons. The fourth-order valence-electron chi connectivity index (χ4n) is 1.76. The van der Waals surface area contributed by atoms with Crippen LogP contribution < -0.4 is 10.9 Å². The molecule has 2 rings (SSSR count). The summed E-state index contributed by atoms with van der Waals surface area (Å²) in [6.07, 6.45) is 1.76. The maximum atomic E-state index is 11.7. The summed E-state index contributed by atoms with van der Waals surface area (Å²) in [5.41, 5.74) is 7.00. The highest BCUT2D eigenvalue weighted by atomic mass is 16.2. The van der Waals surface area contributed by atoms with E-state index in [0.717, 1.165) is 5.56 Å². The zero-order chi connectivity index (χ0) is 12.5. The summed E-state index contributed by atoms with van der Waals surface area (Å²) >= 11 is 0. The fourth-order valence-corrected chi connectivity index (χ4v) is 1.76. The quantitative estimate of drug-likeness (QED) is 0.712. The van der Waals surface area contributed by atoms with Crippen LogP contribution in [0.1, 0.15) is 25.0 Å². The minimum Gasteiger partial charge on any atom is -0.287 e. The lowest BCUT2D eigenvalue weighted by molar-refractivity contribution is -0.116. The van der Waals surface area contributed by atoms with Crippen LogP contribution in [-0.4, -0.2) is 11.4 Å². The van der Waals surface area contributed by atoms with Gasteiger partial charge in [-0.1, -0.05) is 18.2 Å². The van der Waals surface area contributed by atoms with Crippen molar-refractivity contribution in [3.05, 3.63) is 41.0 Å². The molecule has 1 heterocycles. The van der Waals surface area contributed by atoms with Gasteiger partial charge in [-0.15, -0.1) is 0 Å². The fraction of sp³-hybridized carbons (Fsp3) is 0.231. The van der Waals surface area contributed by atoms with Crippen molar-refractivity contribution in [2.45, 2.75) is 19.4 Å². The molecule has 0 aliphatic carbocycles. The van der Waals surface area contributed by atoms with E-state index in [0.29, 0.717) is 11.1 Å². The standard InChI is InChI=1S/C13H13N3O/c1-13(2)11(12(17)15-16-13)7-9-5-3-4-6-10(9)8-14/h3-7,16H,1-2H3,(H,15,17)/b11-7+. The summed E-state index contributed by atoms with van der Waals surface area (Å²) in [6, 6.07) is 9.33. The lowest BCUT2D eigenvalue weighted by Gasteiger charge is -2.17. The molecule has 0 bridgehead atoms. The Bertz CT molecular complexity index is 538. The number of amides is 1. The van der Waals surface area contributed by atoms with Gasteiger partial charge in [0.2, 0.25) is 0 Å². The molecule has 1 amide bonds. The van der Waals surface area contributed by atoms with Crippen LogP contribution in [0.4, 0.5) is 0 Å². The Balaban J connectivity index is 2.49. The number of nitrogens with one attached hydrogen (secondary N) is 2. The molecule has 0 aromatic heterocycles. The van der Waals surface area contributed by atoms with E-state index in [1.165, 1.54) is 0 Å². The third kappa shape index (κ3) is 2.05. The zero-order valence-electron chi connectivity index (χ0n) is 9.74. The highest BCUT2D eigenvalue weighted by Gasteiger charge is 2.34. The van der Waals surface area contributed by atoms with Gasteiger partial charge in [0.15, 0.2) is 0 Å². The normalized spacial score (nSPS) is 20.1. The predicted molar refractivity (Wildman–Crippen MR) is 64.5 cm³/mol. The van der Waals surface area contributed by atoms with Crippen molar-refractivity contribution in [3.8, 4) is 6.07 Å². The molecular formula is C13H13N3O. The van der Waals surface area contributed by atoms with E-state index in [2.05, 4.69) is 16.9 Å². The highest BCUT2D eigenvalue weighted by Crippen LogP contribution is 2.23. The zero-order valence-corrected chi connectivity index (χ0v) is 9.74. The average molecular weight is 227 g/mol. The maximum absolute atomic E-state index is 11.7. The van der Waals surface area contributed by atoms with Crippen LogP contribution in [0.2, 0.25) is 0 Å². The molecule has 1 aromatic rings. The molecule has 0 spiro atoms. The van der Waals surface area contributed by atoms with Crippen molar-refractivity contribution in [2.75, 3.05) is 0 Å². The van der Waals surface area contributed by atoms with Gasteiger partial charge in [0.25, 0.3) is 5.91 Å². The third-order valence-corrected chi connectivity index (χ3v) is 2.79. The number of hydrazine groups is 1. The molecule has 0 saturated carbocycles. The molecule has 1 aliphatic rings. The molecule has 1 aromatic carbocycles. The highest BCUT2D eigenvalue weighted by molar-refractivity contribution is 6.02. The molecule has 0 unspecified atom stereocenters. The van der Waals surface area contributed by atoms with E-state index in [-0.39, 0.29) is 5.91 Å². The molecular weight excluding hydrogens is 214 g/mol. The van der Waals surface area contributed by atoms with Crippen molar-refractivity contribution >= 4 is 12.0 Å². The monoisotopic (exact) mass is 227 g/mol. The molecule has 4 nitrogen and oxygen atoms in total. The van der Waals surface area contributed by atoms with E-state index in [4.69, 9.17) is 5.26 Å². The van der Waals surface area contributed by atoms with Gasteiger partial charge >= 0.3 is 0 Å². The van der Waals surface area contributed by atoms with Crippen molar-refractivity contribution < 1.29 is 4.79 Å². The minimum atomic E-state index is -0.431. The first-order valence-electron chi connectivity index (χ1n) is 5.33. The number of nitrogens with zero attached hydrogens (tertiary/aromatic N) is 1. The predicted octanol–water partition coefficient (Wildman–Crippen LogP) is 1.35. The summed E-state index contributed by atoms with van der Waals surface area (Å²) in [6.45, 7) is 3.82. The van der Waals surface area contributed by atoms with Gasteiger partial charge in [0.05, 0.1) is 17.2 Å². The van der Waals surface area contributed by atoms with Gasteiger partial charge in [-0.05, 0) is 31.6 Å². The van der Waals surface area contributed by atoms with Crippen molar-refractivity contribution in [3.63, 3.8) is 0 Å². The lowest BCUT2D eigenvalue weighted by atomic mass is 9.93. The van der Waals surface area contributed by atoms with Gasteiger partial charge in [-0.3, -0.25) is 10.2 Å². The van der Waals surface area contributed by atoms with E-state index in [1.807, 2.05) is 26.0 Å². The second-order valence-electron chi connectivity index (χ2n) is 4.46. The van der Waals surface area contributed by atoms with Gasteiger partial charge < -0.3 is 0 Å². The van der Waals surface area contributed by atoms with Crippen LogP contribution in [0.5, 0.6) is 0 Å².